The summed E-state index contributed by atoms with van der Waals surface area (Å²) in [6, 6.07) is 31.5. The Morgan fingerprint density at radius 1 is 0.767 bits per heavy atom. The highest BCUT2D eigenvalue weighted by atomic mass is 19.1. The van der Waals surface area contributed by atoms with Crippen molar-refractivity contribution in [2.24, 2.45) is 0 Å². The van der Waals surface area contributed by atoms with Crippen LogP contribution < -0.4 is 9.47 Å². The Morgan fingerprint density at radius 2 is 1.49 bits per heavy atom. The van der Waals surface area contributed by atoms with Crippen molar-refractivity contribution in [1.82, 2.24) is 14.4 Å². The lowest BCUT2D eigenvalue weighted by molar-refractivity contribution is -0.133. The normalized spacial score (nSPS) is 15.6. The Kier molecular flexibility index (Phi) is 7.56. The van der Waals surface area contributed by atoms with Gasteiger partial charge in [-0.1, -0.05) is 66.7 Å². The van der Waals surface area contributed by atoms with Crippen molar-refractivity contribution in [3.63, 3.8) is 0 Å². The molecule has 218 valence electrons. The predicted octanol–water partition coefficient (Wildman–Crippen LogP) is 6.42. The SMILES string of the molecule is O=C(CC(c1ccccc1)c1cn(Cc2ccc(F)cc2)c2ccccc12)N1CCN(Cc2ccc3c(c2)OCO3)CC1. The Balaban J connectivity index is 1.09. The molecule has 7 heteroatoms. The van der Waals surface area contributed by atoms with Gasteiger partial charge in [0.15, 0.2) is 11.5 Å². The van der Waals surface area contributed by atoms with E-state index in [1.54, 1.807) is 0 Å². The number of nitrogens with zero attached hydrogens (tertiary/aromatic N) is 3. The van der Waals surface area contributed by atoms with Gasteiger partial charge < -0.3 is 18.9 Å². The number of hydrogen-bond donors (Lipinski definition) is 0. The van der Waals surface area contributed by atoms with Crippen LogP contribution in [0.4, 0.5) is 4.39 Å². The quantitative estimate of drug-likeness (QED) is 0.214. The van der Waals surface area contributed by atoms with E-state index in [1.807, 2.05) is 47.4 Å². The lowest BCUT2D eigenvalue weighted by atomic mass is 9.87. The van der Waals surface area contributed by atoms with Crippen molar-refractivity contribution >= 4 is 16.8 Å². The summed E-state index contributed by atoms with van der Waals surface area (Å²) in [5.74, 6) is 1.45. The van der Waals surface area contributed by atoms with E-state index in [1.165, 1.54) is 17.7 Å². The first-order valence-electron chi connectivity index (χ1n) is 14.9. The summed E-state index contributed by atoms with van der Waals surface area (Å²) in [7, 11) is 0. The Hall–Kier alpha value is -4.62. The molecule has 0 radical (unpaired) electrons. The molecule has 1 atom stereocenters. The molecule has 3 heterocycles. The number of rotatable bonds is 8. The smallest absolute Gasteiger partial charge is 0.231 e. The van der Waals surface area contributed by atoms with Crippen LogP contribution in [-0.2, 0) is 17.9 Å². The first-order valence-corrected chi connectivity index (χ1v) is 14.9. The van der Waals surface area contributed by atoms with Crippen LogP contribution in [0.5, 0.6) is 11.5 Å². The monoisotopic (exact) mass is 575 g/mol. The fourth-order valence-electron chi connectivity index (χ4n) is 6.32. The molecule has 1 aromatic heterocycles. The number of benzene rings is 4. The number of carbonyl (C=O) groups excluding carboxylic acids is 1. The van der Waals surface area contributed by atoms with Crippen molar-refractivity contribution in [2.75, 3.05) is 33.0 Å². The summed E-state index contributed by atoms with van der Waals surface area (Å²) in [5.41, 5.74) is 5.58. The lowest BCUT2D eigenvalue weighted by Gasteiger charge is -2.35. The fourth-order valence-corrected chi connectivity index (χ4v) is 6.32. The van der Waals surface area contributed by atoms with Crippen LogP contribution in [0.1, 0.15) is 34.6 Å². The highest BCUT2D eigenvalue weighted by molar-refractivity contribution is 5.87. The first-order chi connectivity index (χ1) is 21.1. The number of hydrogen-bond acceptors (Lipinski definition) is 4. The van der Waals surface area contributed by atoms with E-state index in [0.29, 0.717) is 26.1 Å². The summed E-state index contributed by atoms with van der Waals surface area (Å²) in [4.78, 5) is 18.3. The molecule has 0 spiro atoms. The van der Waals surface area contributed by atoms with Crippen molar-refractivity contribution in [2.45, 2.75) is 25.4 Å². The number of ether oxygens (including phenoxy) is 2. The van der Waals surface area contributed by atoms with E-state index < -0.39 is 0 Å². The maximum atomic E-state index is 13.8. The van der Waals surface area contributed by atoms with Gasteiger partial charge in [0.25, 0.3) is 0 Å². The Bertz CT molecular complexity index is 1730. The summed E-state index contributed by atoms with van der Waals surface area (Å²) < 4.78 is 26.8. The number of amides is 1. The third-order valence-corrected chi connectivity index (χ3v) is 8.61. The van der Waals surface area contributed by atoms with Crippen molar-refractivity contribution in [3.8, 4) is 11.5 Å². The standard InChI is InChI=1S/C36H34FN3O3/c37-29-13-10-26(11-14-29)23-40-24-32(30-8-4-5-9-33(30)40)31(28-6-2-1-3-7-28)21-36(41)39-18-16-38(17-19-39)22-27-12-15-34-35(20-27)43-25-42-34/h1-15,20,24,31H,16-19,21-23,25H2. The van der Waals surface area contributed by atoms with E-state index >= 15 is 0 Å². The van der Waals surface area contributed by atoms with E-state index in [-0.39, 0.29) is 24.4 Å². The van der Waals surface area contributed by atoms with Crippen LogP contribution in [0.25, 0.3) is 10.9 Å². The molecule has 4 aromatic carbocycles. The third kappa shape index (κ3) is 5.86. The van der Waals surface area contributed by atoms with Gasteiger partial charge in [-0.25, -0.2) is 4.39 Å². The molecule has 0 N–H and O–H groups in total. The van der Waals surface area contributed by atoms with Gasteiger partial charge >= 0.3 is 0 Å². The van der Waals surface area contributed by atoms with Crippen molar-refractivity contribution < 1.29 is 18.7 Å². The van der Waals surface area contributed by atoms with Crippen molar-refractivity contribution in [3.05, 3.63) is 131 Å². The number of aromatic nitrogens is 1. The summed E-state index contributed by atoms with van der Waals surface area (Å²) in [6.45, 7) is 4.79. The van der Waals surface area contributed by atoms with Gasteiger partial charge in [-0.05, 0) is 52.6 Å². The highest BCUT2D eigenvalue weighted by Crippen LogP contribution is 2.36. The van der Waals surface area contributed by atoms with Crippen LogP contribution in [0.15, 0.2) is 103 Å². The van der Waals surface area contributed by atoms with Crippen LogP contribution in [0.3, 0.4) is 0 Å². The largest absolute Gasteiger partial charge is 0.454 e. The molecule has 0 aliphatic carbocycles. The molecule has 43 heavy (non-hydrogen) atoms. The second-order valence-electron chi connectivity index (χ2n) is 11.4. The zero-order chi connectivity index (χ0) is 29.2. The average molecular weight is 576 g/mol. The second-order valence-corrected chi connectivity index (χ2v) is 11.4. The van der Waals surface area contributed by atoms with Crippen LogP contribution >= 0.6 is 0 Å². The molecule has 0 bridgehead atoms. The molecule has 1 unspecified atom stereocenters. The Morgan fingerprint density at radius 3 is 2.30 bits per heavy atom. The molecule has 1 fully saturated rings. The molecule has 6 nitrogen and oxygen atoms in total. The predicted molar refractivity (Wildman–Crippen MR) is 165 cm³/mol. The number of para-hydroxylation sites is 1. The van der Waals surface area contributed by atoms with Gasteiger partial charge in [-0.15, -0.1) is 0 Å². The highest BCUT2D eigenvalue weighted by Gasteiger charge is 2.27. The molecule has 7 rings (SSSR count). The fraction of sp³-hybridized carbons (Fsp3) is 0.250. The van der Waals surface area contributed by atoms with Crippen LogP contribution in [-0.4, -0.2) is 53.2 Å². The summed E-state index contributed by atoms with van der Waals surface area (Å²) in [6.07, 6.45) is 2.58. The molecule has 2 aliphatic heterocycles. The molecular weight excluding hydrogens is 541 g/mol. The number of carbonyl (C=O) groups is 1. The number of piperazine rings is 1. The maximum absolute atomic E-state index is 13.8. The lowest BCUT2D eigenvalue weighted by Crippen LogP contribution is -2.48. The van der Waals surface area contributed by atoms with Crippen molar-refractivity contribution in [1.29, 1.82) is 0 Å². The number of fused-ring (bicyclic) bond motifs is 2. The minimum Gasteiger partial charge on any atom is -0.454 e. The topological polar surface area (TPSA) is 46.9 Å². The zero-order valence-corrected chi connectivity index (χ0v) is 24.0. The van der Waals surface area contributed by atoms with E-state index in [0.717, 1.165) is 58.7 Å². The molecule has 1 saturated heterocycles. The van der Waals surface area contributed by atoms with Gasteiger partial charge in [0.05, 0.1) is 0 Å². The first kappa shape index (κ1) is 27.2. The molecule has 2 aliphatic rings. The van der Waals surface area contributed by atoms with Gasteiger partial charge in [-0.3, -0.25) is 9.69 Å². The Labute approximate surface area is 250 Å². The van der Waals surface area contributed by atoms with Gasteiger partial charge in [0.2, 0.25) is 12.7 Å². The minimum absolute atomic E-state index is 0.0836. The van der Waals surface area contributed by atoms with E-state index in [9.17, 15) is 9.18 Å². The van der Waals surface area contributed by atoms with E-state index in [2.05, 4.69) is 58.1 Å². The zero-order valence-electron chi connectivity index (χ0n) is 24.0. The maximum Gasteiger partial charge on any atom is 0.231 e. The summed E-state index contributed by atoms with van der Waals surface area (Å²) in [5, 5.41) is 1.14. The van der Waals surface area contributed by atoms with Crippen LogP contribution in [0, 0.1) is 5.82 Å². The third-order valence-electron chi connectivity index (χ3n) is 8.61. The van der Waals surface area contributed by atoms with E-state index in [4.69, 9.17) is 9.47 Å². The average Bonchev–Trinajstić information content (AvgIpc) is 3.66. The van der Waals surface area contributed by atoms with Gasteiger partial charge in [0.1, 0.15) is 5.82 Å². The molecule has 1 amide bonds. The number of halogens is 1. The molecule has 5 aromatic rings. The summed E-state index contributed by atoms with van der Waals surface area (Å²) >= 11 is 0. The minimum atomic E-state index is -0.238. The van der Waals surface area contributed by atoms with Crippen LogP contribution in [0.2, 0.25) is 0 Å². The molecule has 0 saturated carbocycles. The molecular formula is C36H34FN3O3. The van der Waals surface area contributed by atoms with Gasteiger partial charge in [-0.2, -0.15) is 0 Å². The second kappa shape index (κ2) is 11.9. The van der Waals surface area contributed by atoms with Gasteiger partial charge in [0, 0.05) is 68.7 Å².